The van der Waals surface area contributed by atoms with Gasteiger partial charge in [0.1, 0.15) is 11.4 Å². The second-order valence-electron chi connectivity index (χ2n) is 6.86. The Morgan fingerprint density at radius 3 is 2.86 bits per heavy atom. The van der Waals surface area contributed by atoms with E-state index in [1.165, 1.54) is 22.3 Å². The molecule has 116 valence electrons. The summed E-state index contributed by atoms with van der Waals surface area (Å²) in [7, 11) is 0. The molecule has 1 N–H and O–H groups in total. The molecule has 0 bridgehead atoms. The van der Waals surface area contributed by atoms with Crippen LogP contribution in [0.4, 0.5) is 0 Å². The van der Waals surface area contributed by atoms with Crippen LogP contribution in [0.2, 0.25) is 0 Å². The van der Waals surface area contributed by atoms with E-state index in [9.17, 15) is 0 Å². The number of aromatic nitrogens is 1. The predicted octanol–water partition coefficient (Wildman–Crippen LogP) is 4.09. The first kappa shape index (κ1) is 15.0. The molecule has 0 saturated carbocycles. The van der Waals surface area contributed by atoms with Crippen LogP contribution in [0.5, 0.6) is 5.75 Å². The molecule has 1 atom stereocenters. The number of hydrogen-bond acceptors (Lipinski definition) is 3. The molecule has 0 saturated heterocycles. The van der Waals surface area contributed by atoms with E-state index in [1.807, 2.05) is 18.5 Å². The van der Waals surface area contributed by atoms with Crippen molar-refractivity contribution in [3.05, 3.63) is 58.9 Å². The first-order chi connectivity index (χ1) is 10.4. The molecule has 1 aromatic carbocycles. The lowest BCUT2D eigenvalue weighted by Gasteiger charge is -2.39. The summed E-state index contributed by atoms with van der Waals surface area (Å²) in [6.07, 6.45) is 4.69. The molecule has 1 aliphatic heterocycles. The minimum Gasteiger partial charge on any atom is -0.487 e. The Hall–Kier alpha value is -1.87. The molecule has 0 spiro atoms. The van der Waals surface area contributed by atoms with Crippen molar-refractivity contribution in [3.63, 3.8) is 0 Å². The van der Waals surface area contributed by atoms with Crippen molar-refractivity contribution >= 4 is 0 Å². The van der Waals surface area contributed by atoms with Crippen molar-refractivity contribution in [2.75, 3.05) is 0 Å². The molecule has 3 nitrogen and oxygen atoms in total. The summed E-state index contributed by atoms with van der Waals surface area (Å²) in [5.41, 5.74) is 4.83. The summed E-state index contributed by atoms with van der Waals surface area (Å²) in [5, 5.41) is 3.68. The van der Waals surface area contributed by atoms with Crippen LogP contribution in [0.15, 0.2) is 36.7 Å². The largest absolute Gasteiger partial charge is 0.487 e. The van der Waals surface area contributed by atoms with Crippen LogP contribution in [-0.2, 0) is 6.54 Å². The highest BCUT2D eigenvalue weighted by atomic mass is 16.5. The monoisotopic (exact) mass is 296 g/mol. The molecule has 1 aliphatic rings. The van der Waals surface area contributed by atoms with Gasteiger partial charge in [0.25, 0.3) is 0 Å². The fourth-order valence-electron chi connectivity index (χ4n) is 3.23. The Bertz CT molecular complexity index is 665. The van der Waals surface area contributed by atoms with E-state index >= 15 is 0 Å². The van der Waals surface area contributed by atoms with E-state index in [-0.39, 0.29) is 5.60 Å². The summed E-state index contributed by atoms with van der Waals surface area (Å²) in [5.74, 6) is 1.05. The molecular formula is C19H24N2O. The number of pyridine rings is 1. The van der Waals surface area contributed by atoms with Gasteiger partial charge < -0.3 is 10.1 Å². The van der Waals surface area contributed by atoms with Crippen LogP contribution in [-0.4, -0.2) is 10.6 Å². The van der Waals surface area contributed by atoms with E-state index in [2.05, 4.69) is 56.2 Å². The first-order valence-corrected chi connectivity index (χ1v) is 7.87. The van der Waals surface area contributed by atoms with Gasteiger partial charge in [-0.2, -0.15) is 0 Å². The fraction of sp³-hybridized carbons (Fsp3) is 0.421. The molecule has 0 amide bonds. The summed E-state index contributed by atoms with van der Waals surface area (Å²) >= 11 is 0. The number of nitrogens with one attached hydrogen (secondary N) is 1. The Morgan fingerprint density at radius 1 is 1.32 bits per heavy atom. The van der Waals surface area contributed by atoms with Gasteiger partial charge in [0.2, 0.25) is 0 Å². The molecule has 3 heteroatoms. The number of ether oxygens (including phenoxy) is 1. The maximum absolute atomic E-state index is 6.23. The lowest BCUT2D eigenvalue weighted by Crippen LogP contribution is -2.39. The van der Waals surface area contributed by atoms with Crippen LogP contribution in [0.1, 0.15) is 48.6 Å². The SMILES string of the molecule is Cc1cc(C)c2c(c1)C(NCc1cccnc1)CC(C)(C)O2. The molecule has 1 aromatic heterocycles. The third kappa shape index (κ3) is 3.14. The van der Waals surface area contributed by atoms with Gasteiger partial charge in [-0.1, -0.05) is 23.8 Å². The Labute approximate surface area is 132 Å². The van der Waals surface area contributed by atoms with Gasteiger partial charge in [-0.25, -0.2) is 0 Å². The van der Waals surface area contributed by atoms with Gasteiger partial charge in [0.15, 0.2) is 0 Å². The summed E-state index contributed by atoms with van der Waals surface area (Å²) in [6, 6.07) is 8.83. The summed E-state index contributed by atoms with van der Waals surface area (Å²) in [4.78, 5) is 4.18. The lowest BCUT2D eigenvalue weighted by molar-refractivity contribution is 0.0647. The van der Waals surface area contributed by atoms with Gasteiger partial charge in [0.05, 0.1) is 0 Å². The van der Waals surface area contributed by atoms with Crippen LogP contribution in [0.25, 0.3) is 0 Å². The zero-order valence-electron chi connectivity index (χ0n) is 13.8. The molecule has 0 aliphatic carbocycles. The summed E-state index contributed by atoms with van der Waals surface area (Å²) in [6.45, 7) is 9.42. The maximum Gasteiger partial charge on any atom is 0.127 e. The van der Waals surface area contributed by atoms with Crippen molar-refractivity contribution < 1.29 is 4.74 Å². The highest BCUT2D eigenvalue weighted by molar-refractivity contribution is 5.47. The van der Waals surface area contributed by atoms with E-state index in [0.717, 1.165) is 18.7 Å². The molecule has 2 heterocycles. The minimum atomic E-state index is -0.153. The zero-order valence-corrected chi connectivity index (χ0v) is 13.8. The molecular weight excluding hydrogens is 272 g/mol. The highest BCUT2D eigenvalue weighted by Crippen LogP contribution is 2.42. The van der Waals surface area contributed by atoms with E-state index < -0.39 is 0 Å². The van der Waals surface area contributed by atoms with Crippen molar-refractivity contribution in [3.8, 4) is 5.75 Å². The van der Waals surface area contributed by atoms with Crippen molar-refractivity contribution in [2.24, 2.45) is 0 Å². The van der Waals surface area contributed by atoms with Gasteiger partial charge in [0, 0.05) is 37.0 Å². The number of rotatable bonds is 3. The molecule has 0 fully saturated rings. The Balaban J connectivity index is 1.88. The number of fused-ring (bicyclic) bond motifs is 1. The molecule has 22 heavy (non-hydrogen) atoms. The van der Waals surface area contributed by atoms with E-state index in [4.69, 9.17) is 4.74 Å². The van der Waals surface area contributed by atoms with E-state index in [0.29, 0.717) is 6.04 Å². The summed E-state index contributed by atoms with van der Waals surface area (Å²) < 4.78 is 6.23. The second-order valence-corrected chi connectivity index (χ2v) is 6.86. The van der Waals surface area contributed by atoms with Gasteiger partial charge in [-0.3, -0.25) is 4.98 Å². The van der Waals surface area contributed by atoms with Crippen molar-refractivity contribution in [1.82, 2.24) is 10.3 Å². The molecule has 3 rings (SSSR count). The minimum absolute atomic E-state index is 0.153. The Kier molecular flexibility index (Phi) is 3.92. The van der Waals surface area contributed by atoms with Gasteiger partial charge >= 0.3 is 0 Å². The zero-order chi connectivity index (χ0) is 15.7. The Morgan fingerprint density at radius 2 is 2.14 bits per heavy atom. The van der Waals surface area contributed by atoms with Crippen LogP contribution >= 0.6 is 0 Å². The third-order valence-electron chi connectivity index (χ3n) is 4.17. The average Bonchev–Trinajstić information content (AvgIpc) is 2.46. The first-order valence-electron chi connectivity index (χ1n) is 7.87. The number of aryl methyl sites for hydroxylation is 2. The maximum atomic E-state index is 6.23. The van der Waals surface area contributed by atoms with Gasteiger partial charge in [-0.05, 0) is 44.9 Å². The average molecular weight is 296 g/mol. The number of benzene rings is 1. The van der Waals surface area contributed by atoms with Crippen molar-refractivity contribution in [2.45, 2.75) is 52.3 Å². The number of hydrogen-bond donors (Lipinski definition) is 1. The quantitative estimate of drug-likeness (QED) is 0.926. The second kappa shape index (κ2) is 5.73. The third-order valence-corrected chi connectivity index (χ3v) is 4.17. The highest BCUT2D eigenvalue weighted by Gasteiger charge is 2.34. The predicted molar refractivity (Wildman–Crippen MR) is 89.1 cm³/mol. The van der Waals surface area contributed by atoms with Crippen LogP contribution < -0.4 is 10.1 Å². The van der Waals surface area contributed by atoms with E-state index in [1.54, 1.807) is 0 Å². The standard InChI is InChI=1S/C19H24N2O/c1-13-8-14(2)18-16(9-13)17(10-19(3,4)22-18)21-12-15-6-5-7-20-11-15/h5-9,11,17,21H,10,12H2,1-4H3. The lowest BCUT2D eigenvalue weighted by atomic mass is 9.87. The van der Waals surface area contributed by atoms with Gasteiger partial charge in [-0.15, -0.1) is 0 Å². The number of nitrogens with zero attached hydrogens (tertiary/aromatic N) is 1. The molecule has 0 radical (unpaired) electrons. The smallest absolute Gasteiger partial charge is 0.127 e. The van der Waals surface area contributed by atoms with Crippen LogP contribution in [0.3, 0.4) is 0 Å². The fourth-order valence-corrected chi connectivity index (χ4v) is 3.23. The van der Waals surface area contributed by atoms with Crippen molar-refractivity contribution in [1.29, 1.82) is 0 Å². The topological polar surface area (TPSA) is 34.2 Å². The molecule has 1 unspecified atom stereocenters. The normalized spacial score (nSPS) is 19.4. The van der Waals surface area contributed by atoms with Crippen LogP contribution in [0, 0.1) is 13.8 Å². The molecule has 2 aromatic rings.